The van der Waals surface area contributed by atoms with Gasteiger partial charge in [-0.05, 0) is 55.0 Å². The standard InChI is InChI=1S/C22H16N2O5/c1-14-2-9-21-19(10-14)20(11-15-3-5-16(6-4-15)24(27)28)22(26)23(21)12-17-7-8-18(13-25)29-17/h2-11,13H,12H2,1H3/b20-11-. The van der Waals surface area contributed by atoms with Crippen LogP contribution < -0.4 is 4.90 Å². The molecule has 0 spiro atoms. The molecule has 1 aromatic heterocycles. The molecule has 2 aromatic carbocycles. The third-order valence-corrected chi connectivity index (χ3v) is 4.74. The highest BCUT2D eigenvalue weighted by Gasteiger charge is 2.33. The van der Waals surface area contributed by atoms with E-state index in [1.165, 1.54) is 12.1 Å². The van der Waals surface area contributed by atoms with Crippen LogP contribution in [0.15, 0.2) is 59.0 Å². The molecule has 0 unspecified atom stereocenters. The molecule has 1 aliphatic heterocycles. The molecule has 7 nitrogen and oxygen atoms in total. The van der Waals surface area contributed by atoms with E-state index in [1.54, 1.807) is 35.2 Å². The Kier molecular flexibility index (Phi) is 4.56. The maximum absolute atomic E-state index is 13.2. The highest BCUT2D eigenvalue weighted by molar-refractivity contribution is 6.35. The van der Waals surface area contributed by atoms with Crippen molar-refractivity contribution >= 4 is 35.2 Å². The van der Waals surface area contributed by atoms with Crippen LogP contribution in [-0.4, -0.2) is 17.1 Å². The van der Waals surface area contributed by atoms with Gasteiger partial charge in [-0.15, -0.1) is 0 Å². The molecular formula is C22H16N2O5. The number of non-ortho nitro benzene ring substituents is 1. The lowest BCUT2D eigenvalue weighted by atomic mass is 10.0. The topological polar surface area (TPSA) is 93.7 Å². The van der Waals surface area contributed by atoms with E-state index in [-0.39, 0.29) is 23.9 Å². The molecule has 1 aliphatic rings. The van der Waals surface area contributed by atoms with Gasteiger partial charge >= 0.3 is 0 Å². The number of furan rings is 1. The number of carbonyl (C=O) groups is 2. The van der Waals surface area contributed by atoms with Crippen LogP contribution in [-0.2, 0) is 11.3 Å². The van der Waals surface area contributed by atoms with Crippen LogP contribution in [0.3, 0.4) is 0 Å². The van der Waals surface area contributed by atoms with Gasteiger partial charge < -0.3 is 9.32 Å². The van der Waals surface area contributed by atoms with Crippen molar-refractivity contribution in [1.29, 1.82) is 0 Å². The summed E-state index contributed by atoms with van der Waals surface area (Å²) in [5.41, 5.74) is 3.73. The van der Waals surface area contributed by atoms with Gasteiger partial charge in [0.25, 0.3) is 11.6 Å². The third kappa shape index (κ3) is 3.45. The average Bonchev–Trinajstić information content (AvgIpc) is 3.27. The average molecular weight is 388 g/mol. The monoisotopic (exact) mass is 388 g/mol. The van der Waals surface area contributed by atoms with Crippen LogP contribution in [0.1, 0.15) is 33.0 Å². The molecule has 0 fully saturated rings. The van der Waals surface area contributed by atoms with E-state index < -0.39 is 4.92 Å². The summed E-state index contributed by atoms with van der Waals surface area (Å²) in [7, 11) is 0. The summed E-state index contributed by atoms with van der Waals surface area (Å²) < 4.78 is 5.43. The summed E-state index contributed by atoms with van der Waals surface area (Å²) in [6.45, 7) is 2.14. The van der Waals surface area contributed by atoms with Crippen LogP contribution in [0.25, 0.3) is 11.6 Å². The van der Waals surface area contributed by atoms with Crippen LogP contribution in [0.5, 0.6) is 0 Å². The Bertz CT molecular complexity index is 1160. The van der Waals surface area contributed by atoms with Gasteiger partial charge in [0, 0.05) is 23.3 Å². The first-order valence-electron chi connectivity index (χ1n) is 8.89. The zero-order valence-corrected chi connectivity index (χ0v) is 15.5. The Morgan fingerprint density at radius 1 is 1.10 bits per heavy atom. The first kappa shape index (κ1) is 18.4. The van der Waals surface area contributed by atoms with E-state index in [4.69, 9.17) is 4.42 Å². The van der Waals surface area contributed by atoms with Crippen molar-refractivity contribution in [3.63, 3.8) is 0 Å². The lowest BCUT2D eigenvalue weighted by Gasteiger charge is -2.15. The normalized spacial score (nSPS) is 14.3. The molecule has 0 N–H and O–H groups in total. The van der Waals surface area contributed by atoms with Crippen LogP contribution in [0, 0.1) is 17.0 Å². The lowest BCUT2D eigenvalue weighted by molar-refractivity contribution is -0.384. The molecule has 144 valence electrons. The van der Waals surface area contributed by atoms with Crippen molar-refractivity contribution in [1.82, 2.24) is 0 Å². The number of nitro benzene ring substituents is 1. The number of anilines is 1. The second-order valence-corrected chi connectivity index (χ2v) is 6.74. The number of aryl methyl sites for hydroxylation is 1. The summed E-state index contributed by atoms with van der Waals surface area (Å²) >= 11 is 0. The first-order valence-corrected chi connectivity index (χ1v) is 8.89. The van der Waals surface area contributed by atoms with Crippen molar-refractivity contribution in [2.45, 2.75) is 13.5 Å². The molecule has 3 aromatic rings. The Hall–Kier alpha value is -4.00. The van der Waals surface area contributed by atoms with Crippen LogP contribution in [0.4, 0.5) is 11.4 Å². The number of benzene rings is 2. The van der Waals surface area contributed by atoms with Gasteiger partial charge in [0.2, 0.25) is 0 Å². The predicted molar refractivity (Wildman–Crippen MR) is 107 cm³/mol. The summed E-state index contributed by atoms with van der Waals surface area (Å²) in [6, 6.07) is 15.0. The molecule has 0 bridgehead atoms. The molecule has 7 heteroatoms. The van der Waals surface area contributed by atoms with Gasteiger partial charge in [-0.25, -0.2) is 0 Å². The number of aldehydes is 1. The second kappa shape index (κ2) is 7.20. The Morgan fingerprint density at radius 3 is 2.52 bits per heavy atom. The number of nitrogens with zero attached hydrogens (tertiary/aromatic N) is 2. The zero-order valence-electron chi connectivity index (χ0n) is 15.5. The Balaban J connectivity index is 1.73. The molecule has 0 radical (unpaired) electrons. The number of rotatable bonds is 5. The van der Waals surface area contributed by atoms with Crippen molar-refractivity contribution in [3.8, 4) is 0 Å². The van der Waals surface area contributed by atoms with E-state index in [9.17, 15) is 19.7 Å². The highest BCUT2D eigenvalue weighted by atomic mass is 16.6. The molecule has 0 atom stereocenters. The van der Waals surface area contributed by atoms with Crippen molar-refractivity contribution in [2.24, 2.45) is 0 Å². The fourth-order valence-electron chi connectivity index (χ4n) is 3.33. The lowest BCUT2D eigenvalue weighted by Crippen LogP contribution is -2.25. The number of nitro groups is 1. The summed E-state index contributed by atoms with van der Waals surface area (Å²) in [5.74, 6) is 0.508. The van der Waals surface area contributed by atoms with Crippen LogP contribution >= 0.6 is 0 Å². The SMILES string of the molecule is Cc1ccc2c(c1)/C(=C/c1ccc([N+](=O)[O-])cc1)C(=O)N2Cc1ccc(C=O)o1. The predicted octanol–water partition coefficient (Wildman–Crippen LogP) is 4.40. The van der Waals surface area contributed by atoms with E-state index in [1.807, 2.05) is 25.1 Å². The Morgan fingerprint density at radius 2 is 1.86 bits per heavy atom. The molecule has 29 heavy (non-hydrogen) atoms. The fourth-order valence-corrected chi connectivity index (χ4v) is 3.33. The molecular weight excluding hydrogens is 372 g/mol. The number of hydrogen-bond acceptors (Lipinski definition) is 5. The highest BCUT2D eigenvalue weighted by Crippen LogP contribution is 2.39. The van der Waals surface area contributed by atoms with Crippen LogP contribution in [0.2, 0.25) is 0 Å². The van der Waals surface area contributed by atoms with Gasteiger partial charge in [0.15, 0.2) is 12.0 Å². The number of carbonyl (C=O) groups excluding carboxylic acids is 2. The molecule has 4 rings (SSSR count). The third-order valence-electron chi connectivity index (χ3n) is 4.74. The zero-order chi connectivity index (χ0) is 20.5. The van der Waals surface area contributed by atoms with E-state index in [0.717, 1.165) is 16.8 Å². The molecule has 2 heterocycles. The number of fused-ring (bicyclic) bond motifs is 1. The van der Waals surface area contributed by atoms with Gasteiger partial charge in [-0.3, -0.25) is 19.7 Å². The molecule has 1 amide bonds. The smallest absolute Gasteiger partial charge is 0.269 e. The maximum atomic E-state index is 13.2. The quantitative estimate of drug-likeness (QED) is 0.280. The van der Waals surface area contributed by atoms with E-state index in [0.29, 0.717) is 23.2 Å². The van der Waals surface area contributed by atoms with Gasteiger partial charge in [-0.2, -0.15) is 0 Å². The second-order valence-electron chi connectivity index (χ2n) is 6.74. The minimum absolute atomic E-state index is 0.00780. The molecule has 0 saturated heterocycles. The maximum Gasteiger partial charge on any atom is 0.269 e. The first-order chi connectivity index (χ1) is 14.0. The largest absolute Gasteiger partial charge is 0.456 e. The van der Waals surface area contributed by atoms with Crippen molar-refractivity contribution in [3.05, 3.63) is 92.9 Å². The van der Waals surface area contributed by atoms with Gasteiger partial charge in [0.1, 0.15) is 5.76 Å². The fraction of sp³-hybridized carbons (Fsp3) is 0.0909. The Labute approximate surface area is 166 Å². The van der Waals surface area contributed by atoms with Crippen molar-refractivity contribution in [2.75, 3.05) is 4.90 Å². The molecule has 0 saturated carbocycles. The minimum atomic E-state index is -0.463. The number of amides is 1. The van der Waals surface area contributed by atoms with Gasteiger partial charge in [0.05, 0.1) is 17.2 Å². The molecule has 0 aliphatic carbocycles. The van der Waals surface area contributed by atoms with E-state index in [2.05, 4.69) is 0 Å². The van der Waals surface area contributed by atoms with Gasteiger partial charge in [-0.1, -0.05) is 11.6 Å². The number of hydrogen-bond donors (Lipinski definition) is 0. The van der Waals surface area contributed by atoms with E-state index >= 15 is 0 Å². The summed E-state index contributed by atoms with van der Waals surface area (Å²) in [5, 5.41) is 10.8. The summed E-state index contributed by atoms with van der Waals surface area (Å²) in [6.07, 6.45) is 2.34. The van der Waals surface area contributed by atoms with Crippen molar-refractivity contribution < 1.29 is 18.9 Å². The minimum Gasteiger partial charge on any atom is -0.456 e. The summed E-state index contributed by atoms with van der Waals surface area (Å²) in [4.78, 5) is 36.0.